The SMILES string of the molecule is CCC(CNC(=NC)NCc1ccc(-n2cncn2)cc1)Oc1cccc(F)c1.I. The highest BCUT2D eigenvalue weighted by Gasteiger charge is 2.10. The lowest BCUT2D eigenvalue weighted by Gasteiger charge is -2.20. The third-order valence-electron chi connectivity index (χ3n) is 4.35. The van der Waals surface area contributed by atoms with Crippen LogP contribution in [0.3, 0.4) is 0 Å². The van der Waals surface area contributed by atoms with E-state index in [1.165, 1.54) is 18.5 Å². The van der Waals surface area contributed by atoms with Crippen LogP contribution >= 0.6 is 24.0 Å². The molecular weight excluding hydrogens is 498 g/mol. The van der Waals surface area contributed by atoms with Crippen LogP contribution in [0, 0.1) is 5.82 Å². The summed E-state index contributed by atoms with van der Waals surface area (Å²) in [5.74, 6) is 0.887. The van der Waals surface area contributed by atoms with Crippen molar-refractivity contribution in [2.24, 2.45) is 4.99 Å². The molecule has 3 rings (SSSR count). The van der Waals surface area contributed by atoms with Gasteiger partial charge in [-0.1, -0.05) is 25.1 Å². The molecule has 9 heteroatoms. The van der Waals surface area contributed by atoms with Crippen LogP contribution in [0.1, 0.15) is 18.9 Å². The molecule has 0 aliphatic heterocycles. The number of halogens is 2. The number of aliphatic imine (C=N–C) groups is 1. The van der Waals surface area contributed by atoms with Gasteiger partial charge in [0.25, 0.3) is 0 Å². The van der Waals surface area contributed by atoms with Gasteiger partial charge in [-0.25, -0.2) is 14.1 Å². The summed E-state index contributed by atoms with van der Waals surface area (Å²) in [6.07, 6.45) is 3.85. The van der Waals surface area contributed by atoms with Crippen molar-refractivity contribution in [2.45, 2.75) is 26.0 Å². The molecule has 1 aromatic heterocycles. The molecule has 0 bridgehead atoms. The lowest BCUT2D eigenvalue weighted by Crippen LogP contribution is -2.42. The quantitative estimate of drug-likeness (QED) is 0.268. The molecule has 1 unspecified atom stereocenters. The maximum Gasteiger partial charge on any atom is 0.191 e. The minimum absolute atomic E-state index is 0. The summed E-state index contributed by atoms with van der Waals surface area (Å²) in [4.78, 5) is 8.20. The molecule has 0 fully saturated rings. The molecule has 160 valence electrons. The van der Waals surface area contributed by atoms with Gasteiger partial charge in [-0.2, -0.15) is 5.10 Å². The number of benzene rings is 2. The highest BCUT2D eigenvalue weighted by atomic mass is 127. The fourth-order valence-corrected chi connectivity index (χ4v) is 2.73. The normalized spacial score (nSPS) is 12.0. The van der Waals surface area contributed by atoms with Crippen molar-refractivity contribution >= 4 is 29.9 Å². The van der Waals surface area contributed by atoms with E-state index in [9.17, 15) is 4.39 Å². The first-order valence-corrected chi connectivity index (χ1v) is 9.48. The van der Waals surface area contributed by atoms with Gasteiger partial charge in [-0.15, -0.1) is 24.0 Å². The molecule has 0 aliphatic rings. The number of hydrogen-bond donors (Lipinski definition) is 2. The number of guanidine groups is 1. The average molecular weight is 524 g/mol. The molecule has 0 saturated carbocycles. The van der Waals surface area contributed by atoms with E-state index < -0.39 is 0 Å². The summed E-state index contributed by atoms with van der Waals surface area (Å²) in [5, 5.41) is 10.7. The van der Waals surface area contributed by atoms with Gasteiger partial charge in [0.2, 0.25) is 0 Å². The fraction of sp³-hybridized carbons (Fsp3) is 0.286. The lowest BCUT2D eigenvalue weighted by atomic mass is 10.2. The maximum absolute atomic E-state index is 13.3. The molecule has 1 heterocycles. The molecule has 0 radical (unpaired) electrons. The zero-order valence-electron chi connectivity index (χ0n) is 17.0. The third-order valence-corrected chi connectivity index (χ3v) is 4.35. The number of aromatic nitrogens is 3. The second-order valence-corrected chi connectivity index (χ2v) is 6.42. The Labute approximate surface area is 192 Å². The first-order chi connectivity index (χ1) is 14.2. The number of ether oxygens (including phenoxy) is 1. The predicted octanol–water partition coefficient (Wildman–Crippen LogP) is 3.55. The molecule has 1 atom stereocenters. The minimum Gasteiger partial charge on any atom is -0.489 e. The topological polar surface area (TPSA) is 76.4 Å². The van der Waals surface area contributed by atoms with Crippen LogP contribution in [0.4, 0.5) is 4.39 Å². The van der Waals surface area contributed by atoms with E-state index in [2.05, 4.69) is 25.7 Å². The molecule has 2 N–H and O–H groups in total. The van der Waals surface area contributed by atoms with E-state index in [0.717, 1.165) is 17.7 Å². The van der Waals surface area contributed by atoms with Crippen molar-refractivity contribution < 1.29 is 9.13 Å². The number of nitrogens with one attached hydrogen (secondary N) is 2. The van der Waals surface area contributed by atoms with Gasteiger partial charge < -0.3 is 15.4 Å². The van der Waals surface area contributed by atoms with Crippen LogP contribution in [0.15, 0.2) is 66.2 Å². The number of nitrogens with zero attached hydrogens (tertiary/aromatic N) is 4. The highest BCUT2D eigenvalue weighted by Crippen LogP contribution is 2.14. The maximum atomic E-state index is 13.3. The van der Waals surface area contributed by atoms with E-state index in [4.69, 9.17) is 4.74 Å². The second kappa shape index (κ2) is 12.1. The largest absolute Gasteiger partial charge is 0.489 e. The molecule has 0 saturated heterocycles. The summed E-state index contributed by atoms with van der Waals surface area (Å²) in [6, 6.07) is 14.2. The van der Waals surface area contributed by atoms with Gasteiger partial charge in [0.05, 0.1) is 12.2 Å². The van der Waals surface area contributed by atoms with Crippen LogP contribution in [0.25, 0.3) is 5.69 Å². The lowest BCUT2D eigenvalue weighted by molar-refractivity contribution is 0.199. The van der Waals surface area contributed by atoms with Crippen LogP contribution in [-0.4, -0.2) is 40.4 Å². The Hall–Kier alpha value is -2.69. The van der Waals surface area contributed by atoms with Crippen LogP contribution in [-0.2, 0) is 6.54 Å². The van der Waals surface area contributed by atoms with Crippen LogP contribution in [0.5, 0.6) is 5.75 Å². The Balaban J connectivity index is 0.00000320. The van der Waals surface area contributed by atoms with Gasteiger partial charge in [0.15, 0.2) is 5.96 Å². The summed E-state index contributed by atoms with van der Waals surface area (Å²) in [7, 11) is 1.72. The summed E-state index contributed by atoms with van der Waals surface area (Å²) < 4.78 is 20.9. The van der Waals surface area contributed by atoms with Gasteiger partial charge in [-0.05, 0) is 36.2 Å². The van der Waals surface area contributed by atoms with Gasteiger partial charge >= 0.3 is 0 Å². The Morgan fingerprint density at radius 2 is 2.00 bits per heavy atom. The zero-order valence-corrected chi connectivity index (χ0v) is 19.3. The second-order valence-electron chi connectivity index (χ2n) is 6.42. The van der Waals surface area contributed by atoms with E-state index in [1.54, 1.807) is 30.2 Å². The minimum atomic E-state index is -0.308. The fourth-order valence-electron chi connectivity index (χ4n) is 2.73. The van der Waals surface area contributed by atoms with Crippen LogP contribution in [0.2, 0.25) is 0 Å². The van der Waals surface area contributed by atoms with E-state index >= 15 is 0 Å². The Bertz CT molecular complexity index is 918. The highest BCUT2D eigenvalue weighted by molar-refractivity contribution is 14.0. The van der Waals surface area contributed by atoms with Gasteiger partial charge in [-0.3, -0.25) is 4.99 Å². The Morgan fingerprint density at radius 1 is 1.20 bits per heavy atom. The Kier molecular flexibility index (Phi) is 9.52. The van der Waals surface area contributed by atoms with Crippen LogP contribution < -0.4 is 15.4 Å². The van der Waals surface area contributed by atoms with Gasteiger partial charge in [0, 0.05) is 19.7 Å². The summed E-state index contributed by atoms with van der Waals surface area (Å²) in [6.45, 7) is 3.20. The van der Waals surface area contributed by atoms with Gasteiger partial charge in [0.1, 0.15) is 30.3 Å². The Morgan fingerprint density at radius 3 is 2.63 bits per heavy atom. The van der Waals surface area contributed by atoms with Crippen molar-refractivity contribution in [2.75, 3.05) is 13.6 Å². The molecule has 3 aromatic rings. The van der Waals surface area contributed by atoms with Crippen molar-refractivity contribution in [1.82, 2.24) is 25.4 Å². The zero-order chi connectivity index (χ0) is 20.5. The van der Waals surface area contributed by atoms with E-state index in [-0.39, 0.29) is 35.9 Å². The molecule has 0 spiro atoms. The molecular formula is C21H26FIN6O. The average Bonchev–Trinajstić information content (AvgIpc) is 3.28. The number of rotatable bonds is 8. The first kappa shape index (κ1) is 23.6. The van der Waals surface area contributed by atoms with Crippen molar-refractivity contribution in [3.63, 3.8) is 0 Å². The smallest absolute Gasteiger partial charge is 0.191 e. The monoisotopic (exact) mass is 524 g/mol. The third kappa shape index (κ3) is 6.97. The predicted molar refractivity (Wildman–Crippen MR) is 126 cm³/mol. The molecule has 7 nitrogen and oxygen atoms in total. The molecule has 0 aliphatic carbocycles. The molecule has 0 amide bonds. The standard InChI is InChI=1S/C21H25FN6O.HI/c1-3-19(29-20-6-4-5-17(22)11-20)13-26-21(23-2)25-12-16-7-9-18(10-8-16)28-15-24-14-27-28;/h4-11,14-15,19H,3,12-13H2,1-2H3,(H2,23,25,26);1H. The van der Waals surface area contributed by atoms with Crippen molar-refractivity contribution in [3.8, 4) is 11.4 Å². The van der Waals surface area contributed by atoms with Crippen molar-refractivity contribution in [1.29, 1.82) is 0 Å². The van der Waals surface area contributed by atoms with E-state index in [1.807, 2.05) is 31.2 Å². The first-order valence-electron chi connectivity index (χ1n) is 9.48. The number of hydrogen-bond acceptors (Lipinski definition) is 4. The molecule has 30 heavy (non-hydrogen) atoms. The molecule has 2 aromatic carbocycles. The van der Waals surface area contributed by atoms with Crippen molar-refractivity contribution in [3.05, 3.63) is 72.6 Å². The summed E-state index contributed by atoms with van der Waals surface area (Å²) >= 11 is 0. The summed E-state index contributed by atoms with van der Waals surface area (Å²) in [5.41, 5.74) is 2.06. The van der Waals surface area contributed by atoms with E-state index in [0.29, 0.717) is 24.8 Å².